The van der Waals surface area contributed by atoms with E-state index in [1.807, 2.05) is 142 Å². The number of nitrogens with one attached hydrogen (secondary N) is 4. The summed E-state index contributed by atoms with van der Waals surface area (Å²) in [6.45, 7) is 5.81. The Balaban J connectivity index is 0.000000149. The second-order valence-corrected chi connectivity index (χ2v) is 22.4. The Bertz CT molecular complexity index is 4060. The molecule has 0 radical (unpaired) electrons. The maximum absolute atomic E-state index is 13.1. The molecule has 0 saturated heterocycles. The molecule has 3 aliphatic carbocycles. The summed E-state index contributed by atoms with van der Waals surface area (Å²) >= 11 is 6.00. The van der Waals surface area contributed by atoms with Crippen molar-refractivity contribution in [3.05, 3.63) is 219 Å². The smallest absolute Gasteiger partial charge is 0.488 e. The molecule has 3 amide bonds. The van der Waals surface area contributed by atoms with Crippen LogP contribution >= 0.6 is 11.6 Å². The highest BCUT2D eigenvalue weighted by Crippen LogP contribution is 2.51. The molecule has 90 heavy (non-hydrogen) atoms. The third-order valence-electron chi connectivity index (χ3n) is 16.1. The van der Waals surface area contributed by atoms with Crippen molar-refractivity contribution < 1.29 is 48.1 Å². The van der Waals surface area contributed by atoms with Gasteiger partial charge in [0, 0.05) is 35.7 Å². The lowest BCUT2D eigenvalue weighted by Crippen LogP contribution is -2.29. The SMILES string of the molecule is COc1cc(B(O)O)ccn1.COc1ccc(C2(C(=O)Nc3ccc(C)c(-c4cc[nH]c(=O)c4)n3)CC2)cc1.COc1ccc(C2(C(=O)Nc3ccc(C)c(-c4cccc(OC)c4)n3)CC2)cc1.COc1ccc(C2(C(=O)Nc3ccc(C)c(Cl)n3)CC2)cc1. The van der Waals surface area contributed by atoms with E-state index in [-0.39, 0.29) is 23.3 Å². The Morgan fingerprint density at radius 1 is 0.489 bits per heavy atom. The fraction of sp³-hybridized carbons (Fsp3) is 0.246. The second kappa shape index (κ2) is 28.5. The van der Waals surface area contributed by atoms with Crippen molar-refractivity contribution in [2.45, 2.75) is 75.5 Å². The van der Waals surface area contributed by atoms with Crippen LogP contribution in [-0.2, 0) is 30.6 Å². The van der Waals surface area contributed by atoms with E-state index in [1.54, 1.807) is 52.8 Å². The molecule has 3 saturated carbocycles. The molecule has 3 aliphatic rings. The molecule has 0 bridgehead atoms. The predicted octanol–water partition coefficient (Wildman–Crippen LogP) is 10.7. The van der Waals surface area contributed by atoms with Gasteiger partial charge in [0.2, 0.25) is 29.2 Å². The average Bonchev–Trinajstić information content (AvgIpc) is 1.62. The Labute approximate surface area is 527 Å². The maximum Gasteiger partial charge on any atom is 0.488 e. The number of aromatic nitrogens is 5. The van der Waals surface area contributed by atoms with Gasteiger partial charge in [-0.1, -0.05) is 78.3 Å². The highest BCUT2D eigenvalue weighted by Gasteiger charge is 2.53. The molecule has 0 atom stereocenters. The number of ether oxygens (including phenoxy) is 5. The number of amides is 3. The van der Waals surface area contributed by atoms with Crippen molar-refractivity contribution in [2.24, 2.45) is 0 Å². The van der Waals surface area contributed by atoms with Crippen molar-refractivity contribution in [1.82, 2.24) is 24.9 Å². The monoisotopic (exact) mass is 1230 g/mol. The summed E-state index contributed by atoms with van der Waals surface area (Å²) < 4.78 is 25.7. The lowest BCUT2D eigenvalue weighted by molar-refractivity contribution is -0.119. The van der Waals surface area contributed by atoms with Crippen LogP contribution in [0.5, 0.6) is 28.9 Å². The van der Waals surface area contributed by atoms with Crippen molar-refractivity contribution in [3.63, 3.8) is 0 Å². The minimum Gasteiger partial charge on any atom is -0.497 e. The number of carbonyl (C=O) groups excluding carboxylic acids is 3. The number of halogens is 1. The number of methoxy groups -OCH3 is 5. The lowest BCUT2D eigenvalue weighted by Gasteiger charge is -2.17. The minimum atomic E-state index is -1.47. The second-order valence-electron chi connectivity index (χ2n) is 22.0. The lowest BCUT2D eigenvalue weighted by atomic mass is 9.81. The molecule has 0 spiro atoms. The molecule has 4 aromatic carbocycles. The van der Waals surface area contributed by atoms with Crippen LogP contribution in [0.1, 0.15) is 71.9 Å². The van der Waals surface area contributed by atoms with Gasteiger partial charge in [0.05, 0.1) is 63.2 Å². The summed E-state index contributed by atoms with van der Waals surface area (Å²) in [5.74, 6) is 4.88. The van der Waals surface area contributed by atoms with Gasteiger partial charge in [-0.15, -0.1) is 0 Å². The zero-order valence-electron chi connectivity index (χ0n) is 51.2. The molecule has 5 aromatic heterocycles. The number of H-pyrrole nitrogens is 1. The fourth-order valence-corrected chi connectivity index (χ4v) is 10.3. The van der Waals surface area contributed by atoms with E-state index in [4.69, 9.17) is 50.3 Å². The van der Waals surface area contributed by atoms with Gasteiger partial charge in [0.1, 0.15) is 45.6 Å². The van der Waals surface area contributed by atoms with Crippen LogP contribution in [0.15, 0.2) is 175 Å². The minimum absolute atomic E-state index is 0.0180. The zero-order valence-corrected chi connectivity index (χ0v) is 52.0. The molecular formula is C69H70BClN8O11. The first kappa shape index (κ1) is 64.6. The Morgan fingerprint density at radius 2 is 0.900 bits per heavy atom. The van der Waals surface area contributed by atoms with Crippen LogP contribution in [0.4, 0.5) is 17.5 Å². The molecule has 19 nitrogen and oxygen atoms in total. The van der Waals surface area contributed by atoms with Crippen molar-refractivity contribution in [1.29, 1.82) is 0 Å². The van der Waals surface area contributed by atoms with Crippen LogP contribution in [0, 0.1) is 20.8 Å². The van der Waals surface area contributed by atoms with Crippen molar-refractivity contribution in [3.8, 4) is 51.4 Å². The van der Waals surface area contributed by atoms with Gasteiger partial charge in [0.15, 0.2) is 0 Å². The number of pyridine rings is 5. The summed E-state index contributed by atoms with van der Waals surface area (Å²) in [6, 6.07) is 48.2. The molecule has 21 heteroatoms. The fourth-order valence-electron chi connectivity index (χ4n) is 10.2. The van der Waals surface area contributed by atoms with Gasteiger partial charge >= 0.3 is 7.12 Å². The van der Waals surface area contributed by atoms with Gasteiger partial charge < -0.3 is 54.7 Å². The van der Waals surface area contributed by atoms with Gasteiger partial charge in [-0.2, -0.15) is 0 Å². The molecule has 0 unspecified atom stereocenters. The molecule has 9 aromatic rings. The van der Waals surface area contributed by atoms with E-state index in [2.05, 4.69) is 35.9 Å². The van der Waals surface area contributed by atoms with Crippen LogP contribution in [0.2, 0.25) is 5.15 Å². The molecule has 462 valence electrons. The number of aryl methyl sites for hydroxylation is 3. The van der Waals surface area contributed by atoms with E-state index < -0.39 is 23.4 Å². The molecule has 5 heterocycles. The van der Waals surface area contributed by atoms with E-state index in [0.29, 0.717) is 45.2 Å². The van der Waals surface area contributed by atoms with E-state index in [0.717, 1.165) is 106 Å². The van der Waals surface area contributed by atoms with Crippen LogP contribution < -0.4 is 50.7 Å². The Morgan fingerprint density at radius 3 is 1.28 bits per heavy atom. The molecule has 12 rings (SSSR count). The number of rotatable bonds is 17. The van der Waals surface area contributed by atoms with Crippen molar-refractivity contribution >= 4 is 59.4 Å². The average molecular weight is 1230 g/mol. The Hall–Kier alpha value is -9.89. The topological polar surface area (TPSA) is 258 Å². The summed E-state index contributed by atoms with van der Waals surface area (Å²) in [5, 5.41) is 26.7. The predicted molar refractivity (Wildman–Crippen MR) is 348 cm³/mol. The normalized spacial score (nSPS) is 13.9. The molecule has 0 aliphatic heterocycles. The first-order valence-electron chi connectivity index (χ1n) is 29.0. The number of hydrogen-bond donors (Lipinski definition) is 6. The van der Waals surface area contributed by atoms with Crippen LogP contribution in [0.25, 0.3) is 22.5 Å². The number of carbonyl (C=O) groups is 3. The first-order chi connectivity index (χ1) is 43.4. The summed E-state index contributed by atoms with van der Waals surface area (Å²) in [6.07, 6.45) is 7.99. The van der Waals surface area contributed by atoms with Gasteiger partial charge in [-0.05, 0) is 177 Å². The van der Waals surface area contributed by atoms with Crippen molar-refractivity contribution in [2.75, 3.05) is 51.5 Å². The van der Waals surface area contributed by atoms with Gasteiger partial charge in [0.25, 0.3) is 0 Å². The van der Waals surface area contributed by atoms with Crippen LogP contribution in [-0.4, -0.2) is 95.4 Å². The number of hydrogen-bond acceptors (Lipinski definition) is 15. The maximum atomic E-state index is 13.1. The highest BCUT2D eigenvalue weighted by molar-refractivity contribution is 6.58. The third-order valence-corrected chi connectivity index (χ3v) is 16.5. The number of nitrogens with zero attached hydrogens (tertiary/aromatic N) is 4. The van der Waals surface area contributed by atoms with E-state index >= 15 is 0 Å². The first-order valence-corrected chi connectivity index (χ1v) is 29.4. The summed E-state index contributed by atoms with van der Waals surface area (Å²) in [7, 11) is 6.53. The molecule has 3 fully saturated rings. The highest BCUT2D eigenvalue weighted by atomic mass is 35.5. The number of benzene rings is 4. The van der Waals surface area contributed by atoms with Gasteiger partial charge in [-0.3, -0.25) is 19.2 Å². The summed E-state index contributed by atoms with van der Waals surface area (Å²) in [4.78, 5) is 70.2. The zero-order chi connectivity index (χ0) is 64.2. The Kier molecular flexibility index (Phi) is 20.5. The van der Waals surface area contributed by atoms with E-state index in [9.17, 15) is 19.2 Å². The van der Waals surface area contributed by atoms with Crippen LogP contribution in [0.3, 0.4) is 0 Å². The summed E-state index contributed by atoms with van der Waals surface area (Å²) in [5.41, 5.74) is 7.76. The molecular weight excluding hydrogens is 1160 g/mol. The largest absolute Gasteiger partial charge is 0.497 e. The quantitative estimate of drug-likeness (QED) is 0.0366. The standard InChI is InChI=1S/C24H24N2O3.C22H21N3O3.C17H17ClN2O2.C6H8BNO3/c1-16-7-12-21(25-22(16)17-5-4-6-20(15-17)29-3)26-23(27)24(13-14-24)18-8-10-19(28-2)11-9-18;1-14-3-8-18(24-20(14)15-9-12-23-19(26)13-15)25-21(27)22(10-11-22)16-4-6-17(28-2)7-5-16;1-11-3-8-14(19-15(11)18)20-16(21)17(9-10-17)12-4-6-13(22-2)7-5-12;1-11-6-4-5(7(9)10)2-3-8-6/h4-12,15H,13-14H2,1-3H3,(H,25,26,27);3-9,12-13H,10-11H2,1-2H3,(H,23,26)(H,24,25,27);3-8H,9-10H2,1-2H3,(H,19,20,21);2-4,9-10H,1H3. The third kappa shape index (κ3) is 15.3. The van der Waals surface area contributed by atoms with Gasteiger partial charge in [-0.25, -0.2) is 19.9 Å². The van der Waals surface area contributed by atoms with E-state index in [1.165, 1.54) is 31.5 Å². The number of anilines is 3. The number of aromatic amines is 1. The molecule has 6 N–H and O–H groups in total.